The lowest BCUT2D eigenvalue weighted by molar-refractivity contribution is -0.133. The van der Waals surface area contributed by atoms with Crippen molar-refractivity contribution in [3.63, 3.8) is 0 Å². The van der Waals surface area contributed by atoms with Crippen LogP contribution in [0.1, 0.15) is 36.5 Å². The Morgan fingerprint density at radius 1 is 0.923 bits per heavy atom. The Hall–Kier alpha value is -3.21. The molecule has 0 spiro atoms. The fourth-order valence-corrected chi connectivity index (χ4v) is 3.10. The summed E-state index contributed by atoms with van der Waals surface area (Å²) in [6.07, 6.45) is 1.61. The lowest BCUT2D eigenvalue weighted by atomic mass is 10.0. The molecular weight excluding hydrogens is 330 g/mol. The largest absolute Gasteiger partial charge is 0.478 e. The number of ketones is 1. The minimum absolute atomic E-state index is 0.00908. The van der Waals surface area contributed by atoms with Crippen LogP contribution < -0.4 is 5.32 Å². The monoisotopic (exact) mass is 349 g/mol. The molecular formula is C21H19NO4. The second-order valence-electron chi connectivity index (χ2n) is 6.28. The lowest BCUT2D eigenvalue weighted by Gasteiger charge is -2.09. The van der Waals surface area contributed by atoms with Crippen LogP contribution in [0.25, 0.3) is 11.1 Å². The SMILES string of the molecule is CC(=O)c1cccc(-c2ccc(NC(=O)C3=C(C(=O)O)CCC3)cc2)c1. The maximum absolute atomic E-state index is 12.3. The maximum atomic E-state index is 12.3. The number of carboxylic acid groups (broad SMARTS) is 1. The van der Waals surface area contributed by atoms with E-state index in [2.05, 4.69) is 5.32 Å². The molecule has 132 valence electrons. The van der Waals surface area contributed by atoms with Crippen molar-refractivity contribution in [3.8, 4) is 11.1 Å². The summed E-state index contributed by atoms with van der Waals surface area (Å²) >= 11 is 0. The first-order valence-corrected chi connectivity index (χ1v) is 8.44. The van der Waals surface area contributed by atoms with Gasteiger partial charge in [-0.05, 0) is 55.5 Å². The Bertz CT molecular complexity index is 910. The van der Waals surface area contributed by atoms with E-state index in [4.69, 9.17) is 5.11 Å². The minimum atomic E-state index is -1.02. The summed E-state index contributed by atoms with van der Waals surface area (Å²) in [6.45, 7) is 1.53. The number of hydrogen-bond acceptors (Lipinski definition) is 3. The van der Waals surface area contributed by atoms with Crippen LogP contribution in [0.15, 0.2) is 59.7 Å². The van der Waals surface area contributed by atoms with Gasteiger partial charge in [0.1, 0.15) is 0 Å². The molecule has 0 aliphatic heterocycles. The van der Waals surface area contributed by atoms with Crippen LogP contribution in [0.2, 0.25) is 0 Å². The Kier molecular flexibility index (Phi) is 4.98. The molecule has 0 unspecified atom stereocenters. The van der Waals surface area contributed by atoms with Gasteiger partial charge in [-0.2, -0.15) is 0 Å². The van der Waals surface area contributed by atoms with E-state index in [0.717, 1.165) is 11.1 Å². The third kappa shape index (κ3) is 3.72. The fourth-order valence-electron chi connectivity index (χ4n) is 3.10. The highest BCUT2D eigenvalue weighted by Crippen LogP contribution is 2.28. The van der Waals surface area contributed by atoms with Crippen molar-refractivity contribution in [3.05, 3.63) is 65.2 Å². The topological polar surface area (TPSA) is 83.5 Å². The zero-order valence-corrected chi connectivity index (χ0v) is 14.4. The van der Waals surface area contributed by atoms with E-state index in [9.17, 15) is 14.4 Å². The number of anilines is 1. The molecule has 0 aromatic heterocycles. The summed E-state index contributed by atoms with van der Waals surface area (Å²) in [5.41, 5.74) is 3.66. The van der Waals surface area contributed by atoms with Crippen LogP contribution in [-0.4, -0.2) is 22.8 Å². The number of carbonyl (C=O) groups excluding carboxylic acids is 2. The van der Waals surface area contributed by atoms with Crippen molar-refractivity contribution in [1.82, 2.24) is 0 Å². The van der Waals surface area contributed by atoms with Gasteiger partial charge < -0.3 is 10.4 Å². The van der Waals surface area contributed by atoms with Crippen molar-refractivity contribution in [1.29, 1.82) is 0 Å². The molecule has 1 aliphatic rings. The van der Waals surface area contributed by atoms with Gasteiger partial charge in [-0.25, -0.2) is 4.79 Å². The van der Waals surface area contributed by atoms with Gasteiger partial charge >= 0.3 is 5.97 Å². The second kappa shape index (κ2) is 7.35. The van der Waals surface area contributed by atoms with Crippen molar-refractivity contribution in [2.75, 3.05) is 5.32 Å². The van der Waals surface area contributed by atoms with Crippen LogP contribution in [-0.2, 0) is 9.59 Å². The molecule has 26 heavy (non-hydrogen) atoms. The second-order valence-corrected chi connectivity index (χ2v) is 6.28. The molecule has 5 heteroatoms. The number of hydrogen-bond donors (Lipinski definition) is 2. The average Bonchev–Trinajstić information content (AvgIpc) is 3.13. The number of benzene rings is 2. The molecule has 0 saturated carbocycles. The standard InChI is InChI=1S/C21H19NO4/c1-13(23)15-4-2-5-16(12-15)14-8-10-17(11-9-14)22-20(24)18-6-3-7-19(18)21(25)26/h2,4-5,8-12H,3,6-7H2,1H3,(H,22,24)(H,25,26). The van der Waals surface area contributed by atoms with Crippen LogP contribution in [0.3, 0.4) is 0 Å². The molecule has 3 rings (SSSR count). The predicted molar refractivity (Wildman–Crippen MR) is 99.0 cm³/mol. The first kappa shape index (κ1) is 17.6. The lowest BCUT2D eigenvalue weighted by Crippen LogP contribution is -2.16. The summed E-state index contributed by atoms with van der Waals surface area (Å²) in [5, 5.41) is 11.9. The molecule has 2 N–H and O–H groups in total. The average molecular weight is 349 g/mol. The smallest absolute Gasteiger partial charge is 0.332 e. The number of nitrogens with one attached hydrogen (secondary N) is 1. The summed E-state index contributed by atoms with van der Waals surface area (Å²) in [7, 11) is 0. The van der Waals surface area contributed by atoms with E-state index in [1.165, 1.54) is 6.92 Å². The Morgan fingerprint density at radius 3 is 2.27 bits per heavy atom. The van der Waals surface area contributed by atoms with E-state index in [1.807, 2.05) is 30.3 Å². The highest BCUT2D eigenvalue weighted by molar-refractivity contribution is 6.09. The molecule has 2 aromatic carbocycles. The van der Waals surface area contributed by atoms with Crippen LogP contribution in [0.4, 0.5) is 5.69 Å². The van der Waals surface area contributed by atoms with Gasteiger partial charge in [0.2, 0.25) is 0 Å². The van der Waals surface area contributed by atoms with E-state index in [0.29, 0.717) is 36.1 Å². The molecule has 0 atom stereocenters. The van der Waals surface area contributed by atoms with Gasteiger partial charge in [-0.3, -0.25) is 9.59 Å². The predicted octanol–water partition coefficient (Wildman–Crippen LogP) is 4.06. The molecule has 0 bridgehead atoms. The molecule has 0 radical (unpaired) electrons. The van der Waals surface area contributed by atoms with Crippen LogP contribution >= 0.6 is 0 Å². The molecule has 1 amide bonds. The fraction of sp³-hybridized carbons (Fsp3) is 0.190. The summed E-state index contributed by atoms with van der Waals surface area (Å²) < 4.78 is 0. The van der Waals surface area contributed by atoms with Crippen LogP contribution in [0, 0.1) is 0 Å². The molecule has 0 heterocycles. The Labute approximate surface area is 151 Å². The highest BCUT2D eigenvalue weighted by Gasteiger charge is 2.25. The Balaban J connectivity index is 1.77. The molecule has 1 aliphatic carbocycles. The summed E-state index contributed by atoms with van der Waals surface area (Å²) in [6, 6.07) is 14.6. The van der Waals surface area contributed by atoms with Gasteiger partial charge in [0.15, 0.2) is 5.78 Å². The van der Waals surface area contributed by atoms with Crippen molar-refractivity contribution < 1.29 is 19.5 Å². The summed E-state index contributed by atoms with van der Waals surface area (Å²) in [5.74, 6) is -1.37. The van der Waals surface area contributed by atoms with Gasteiger partial charge in [0.25, 0.3) is 5.91 Å². The van der Waals surface area contributed by atoms with Gasteiger partial charge in [-0.1, -0.05) is 30.3 Å². The van der Waals surface area contributed by atoms with Crippen LogP contribution in [0.5, 0.6) is 0 Å². The maximum Gasteiger partial charge on any atom is 0.332 e. The first-order chi connectivity index (χ1) is 12.5. The minimum Gasteiger partial charge on any atom is -0.478 e. The highest BCUT2D eigenvalue weighted by atomic mass is 16.4. The zero-order chi connectivity index (χ0) is 18.7. The van der Waals surface area contributed by atoms with E-state index >= 15 is 0 Å². The van der Waals surface area contributed by atoms with Gasteiger partial charge in [0.05, 0.1) is 0 Å². The third-order valence-electron chi connectivity index (χ3n) is 4.50. The van der Waals surface area contributed by atoms with Gasteiger partial charge in [-0.15, -0.1) is 0 Å². The summed E-state index contributed by atoms with van der Waals surface area (Å²) in [4.78, 5) is 35.0. The number of aliphatic carboxylic acids is 1. The zero-order valence-electron chi connectivity index (χ0n) is 14.4. The van der Waals surface area contributed by atoms with Crippen molar-refractivity contribution >= 4 is 23.3 Å². The number of carbonyl (C=O) groups is 3. The number of Topliss-reactive ketones (excluding diaryl/α,β-unsaturated/α-hetero) is 1. The number of rotatable bonds is 5. The molecule has 5 nitrogen and oxygen atoms in total. The quantitative estimate of drug-likeness (QED) is 0.797. The molecule has 2 aromatic rings. The Morgan fingerprint density at radius 2 is 1.62 bits per heavy atom. The van der Waals surface area contributed by atoms with Crippen molar-refractivity contribution in [2.45, 2.75) is 26.2 Å². The van der Waals surface area contributed by atoms with E-state index in [1.54, 1.807) is 18.2 Å². The number of amides is 1. The third-order valence-corrected chi connectivity index (χ3v) is 4.50. The normalized spacial score (nSPS) is 13.6. The van der Waals surface area contributed by atoms with E-state index in [-0.39, 0.29) is 17.3 Å². The van der Waals surface area contributed by atoms with Gasteiger partial charge in [0, 0.05) is 22.4 Å². The molecule has 0 fully saturated rings. The van der Waals surface area contributed by atoms with E-state index < -0.39 is 5.97 Å². The molecule has 0 saturated heterocycles. The van der Waals surface area contributed by atoms with Crippen molar-refractivity contribution in [2.24, 2.45) is 0 Å². The number of carboxylic acids is 1. The first-order valence-electron chi connectivity index (χ1n) is 8.44.